The molecule has 1 aliphatic rings. The number of H-pyrrole nitrogens is 1. The number of benzene rings is 3. The number of aliphatic hydroxyl groups is 1. The zero-order valence-electron chi connectivity index (χ0n) is 18.9. The number of carbonyl (C=O) groups is 1. The van der Waals surface area contributed by atoms with Crippen LogP contribution in [0.1, 0.15) is 34.3 Å². The minimum atomic E-state index is -0.996. The first-order valence-corrected chi connectivity index (χ1v) is 11.8. The van der Waals surface area contributed by atoms with Gasteiger partial charge in [-0.3, -0.25) is 9.59 Å². The average Bonchev–Trinajstić information content (AvgIpc) is 2.89. The van der Waals surface area contributed by atoms with E-state index < -0.39 is 5.60 Å². The van der Waals surface area contributed by atoms with Crippen molar-refractivity contribution in [3.63, 3.8) is 0 Å². The van der Waals surface area contributed by atoms with Gasteiger partial charge in [0, 0.05) is 23.7 Å². The Morgan fingerprint density at radius 2 is 1.77 bits per heavy atom. The molecule has 1 fully saturated rings. The molecule has 1 saturated heterocycles. The minimum absolute atomic E-state index is 0.0902. The normalized spacial score (nSPS) is 15.2. The predicted molar refractivity (Wildman–Crippen MR) is 134 cm³/mol. The minimum Gasteiger partial charge on any atom is -0.471 e. The number of nitrogens with one attached hydrogen (secondary N) is 1. The standard InChI is InChI=1S/C27H24ClN3O4/c28-21-8-4-7-20(16-21)27(34)11-13-31(14-12-27)26(33)19-6-3-5-18(15-19)17-35-25-23-10-2-1-9-22(23)24(32)29-30-25/h1-10,15-16,34H,11-14,17H2,(H,29,32). The van der Waals surface area contributed by atoms with Crippen LogP contribution in [0.5, 0.6) is 5.88 Å². The Balaban J connectivity index is 1.26. The van der Waals surface area contributed by atoms with Gasteiger partial charge in [-0.2, -0.15) is 0 Å². The summed E-state index contributed by atoms with van der Waals surface area (Å²) in [5.41, 5.74) is 0.868. The number of halogens is 1. The lowest BCUT2D eigenvalue weighted by Crippen LogP contribution is -2.45. The summed E-state index contributed by atoms with van der Waals surface area (Å²) in [6, 6.07) is 21.6. The molecule has 0 atom stereocenters. The van der Waals surface area contributed by atoms with Crippen molar-refractivity contribution in [1.82, 2.24) is 15.1 Å². The molecular weight excluding hydrogens is 466 g/mol. The van der Waals surface area contributed by atoms with Crippen molar-refractivity contribution in [2.24, 2.45) is 0 Å². The van der Waals surface area contributed by atoms with E-state index in [1.54, 1.807) is 47.4 Å². The summed E-state index contributed by atoms with van der Waals surface area (Å²) in [6.07, 6.45) is 0.875. The van der Waals surface area contributed by atoms with Crippen molar-refractivity contribution in [2.45, 2.75) is 25.0 Å². The average molecular weight is 490 g/mol. The summed E-state index contributed by atoms with van der Waals surface area (Å²) in [7, 11) is 0. The van der Waals surface area contributed by atoms with Gasteiger partial charge in [0.05, 0.1) is 16.4 Å². The second-order valence-corrected chi connectivity index (χ2v) is 9.16. The third kappa shape index (κ3) is 4.78. The number of nitrogens with zero attached hydrogens (tertiary/aromatic N) is 2. The summed E-state index contributed by atoms with van der Waals surface area (Å²) in [6.45, 7) is 1.07. The number of amides is 1. The molecule has 2 heterocycles. The van der Waals surface area contributed by atoms with Crippen molar-refractivity contribution in [3.05, 3.63) is 105 Å². The SMILES string of the molecule is O=C(c1cccc(COc2n[nH]c(=O)c3ccccc23)c1)N1CCC(O)(c2cccc(Cl)c2)CC1. The molecule has 0 unspecified atom stereocenters. The van der Waals surface area contributed by atoms with E-state index in [0.29, 0.717) is 53.2 Å². The Labute approximate surface area is 206 Å². The molecular formula is C27H24ClN3O4. The highest BCUT2D eigenvalue weighted by atomic mass is 35.5. The highest BCUT2D eigenvalue weighted by Gasteiger charge is 2.35. The van der Waals surface area contributed by atoms with Crippen molar-refractivity contribution in [3.8, 4) is 5.88 Å². The Bertz CT molecular complexity index is 1440. The van der Waals surface area contributed by atoms with E-state index in [2.05, 4.69) is 10.2 Å². The Morgan fingerprint density at radius 1 is 1.03 bits per heavy atom. The third-order valence-corrected chi connectivity index (χ3v) is 6.69. The Kier molecular flexibility index (Phi) is 6.28. The first-order valence-electron chi connectivity index (χ1n) is 11.4. The van der Waals surface area contributed by atoms with Gasteiger partial charge in [0.15, 0.2) is 0 Å². The lowest BCUT2D eigenvalue weighted by molar-refractivity contribution is -0.0211. The van der Waals surface area contributed by atoms with Crippen molar-refractivity contribution < 1.29 is 14.6 Å². The van der Waals surface area contributed by atoms with Crippen molar-refractivity contribution in [1.29, 1.82) is 0 Å². The first kappa shape index (κ1) is 23.1. The summed E-state index contributed by atoms with van der Waals surface area (Å²) < 4.78 is 5.88. The van der Waals surface area contributed by atoms with Gasteiger partial charge in [0.25, 0.3) is 11.5 Å². The van der Waals surface area contributed by atoms with Crippen LogP contribution in [0.2, 0.25) is 5.02 Å². The molecule has 1 aromatic heterocycles. The molecule has 1 aliphatic heterocycles. The molecule has 8 heteroatoms. The maximum absolute atomic E-state index is 13.2. The Morgan fingerprint density at radius 3 is 2.54 bits per heavy atom. The van der Waals surface area contributed by atoms with E-state index in [0.717, 1.165) is 11.1 Å². The van der Waals surface area contributed by atoms with Crippen LogP contribution in [0.25, 0.3) is 10.8 Å². The van der Waals surface area contributed by atoms with Gasteiger partial charge < -0.3 is 14.7 Å². The fraction of sp³-hybridized carbons (Fsp3) is 0.222. The lowest BCUT2D eigenvalue weighted by Gasteiger charge is -2.38. The van der Waals surface area contributed by atoms with Crippen molar-refractivity contribution >= 4 is 28.3 Å². The van der Waals surface area contributed by atoms with Crippen LogP contribution in [0.3, 0.4) is 0 Å². The summed E-state index contributed by atoms with van der Waals surface area (Å²) in [5.74, 6) is 0.237. The van der Waals surface area contributed by atoms with Crippen LogP contribution >= 0.6 is 11.6 Å². The molecule has 178 valence electrons. The van der Waals surface area contributed by atoms with Crippen LogP contribution in [0.15, 0.2) is 77.6 Å². The van der Waals surface area contributed by atoms with Crippen LogP contribution in [0.4, 0.5) is 0 Å². The molecule has 2 N–H and O–H groups in total. The first-order chi connectivity index (χ1) is 16.9. The van der Waals surface area contributed by atoms with E-state index in [1.807, 2.05) is 30.3 Å². The highest BCUT2D eigenvalue weighted by molar-refractivity contribution is 6.30. The summed E-state index contributed by atoms with van der Waals surface area (Å²) in [4.78, 5) is 26.9. The molecule has 3 aromatic carbocycles. The quantitative estimate of drug-likeness (QED) is 0.436. The number of carbonyl (C=O) groups excluding carboxylic acids is 1. The molecule has 0 radical (unpaired) electrons. The molecule has 0 bridgehead atoms. The zero-order chi connectivity index (χ0) is 24.4. The van der Waals surface area contributed by atoms with E-state index in [-0.39, 0.29) is 18.1 Å². The van der Waals surface area contributed by atoms with E-state index >= 15 is 0 Å². The molecule has 0 spiro atoms. The van der Waals surface area contributed by atoms with Gasteiger partial charge in [-0.1, -0.05) is 48.0 Å². The van der Waals surface area contributed by atoms with Crippen LogP contribution in [0, 0.1) is 0 Å². The summed E-state index contributed by atoms with van der Waals surface area (Å²) in [5, 5.41) is 19.3. The fourth-order valence-corrected chi connectivity index (χ4v) is 4.66. The van der Waals surface area contributed by atoms with Gasteiger partial charge in [-0.05, 0) is 60.4 Å². The second-order valence-electron chi connectivity index (χ2n) is 8.73. The molecule has 0 aliphatic carbocycles. The number of aromatic amines is 1. The number of piperidine rings is 1. The Hall–Kier alpha value is -3.68. The fourth-order valence-electron chi connectivity index (χ4n) is 4.47. The maximum Gasteiger partial charge on any atom is 0.272 e. The van der Waals surface area contributed by atoms with Crippen LogP contribution in [-0.4, -0.2) is 39.2 Å². The summed E-state index contributed by atoms with van der Waals surface area (Å²) >= 11 is 6.09. The lowest BCUT2D eigenvalue weighted by atomic mass is 9.84. The van der Waals surface area contributed by atoms with Crippen LogP contribution < -0.4 is 10.3 Å². The predicted octanol–water partition coefficient (Wildman–Crippen LogP) is 4.28. The largest absolute Gasteiger partial charge is 0.471 e. The van der Waals surface area contributed by atoms with E-state index in [1.165, 1.54) is 0 Å². The molecule has 4 aromatic rings. The zero-order valence-corrected chi connectivity index (χ0v) is 19.7. The number of hydrogen-bond donors (Lipinski definition) is 2. The number of hydrogen-bond acceptors (Lipinski definition) is 5. The topological polar surface area (TPSA) is 95.5 Å². The maximum atomic E-state index is 13.2. The number of likely N-dealkylation sites (tertiary alicyclic amines) is 1. The second kappa shape index (κ2) is 9.52. The molecule has 0 saturated carbocycles. The third-order valence-electron chi connectivity index (χ3n) is 6.45. The van der Waals surface area contributed by atoms with Gasteiger partial charge >= 0.3 is 0 Å². The molecule has 7 nitrogen and oxygen atoms in total. The number of aromatic nitrogens is 2. The number of ether oxygens (including phenoxy) is 1. The number of rotatable bonds is 5. The molecule has 5 rings (SSSR count). The van der Waals surface area contributed by atoms with E-state index in [9.17, 15) is 14.7 Å². The number of fused-ring (bicyclic) bond motifs is 1. The van der Waals surface area contributed by atoms with Gasteiger partial charge in [-0.15, -0.1) is 5.10 Å². The monoisotopic (exact) mass is 489 g/mol. The molecule has 35 heavy (non-hydrogen) atoms. The van der Waals surface area contributed by atoms with Gasteiger partial charge in [0.2, 0.25) is 5.88 Å². The van der Waals surface area contributed by atoms with E-state index in [4.69, 9.17) is 16.3 Å². The molecule has 1 amide bonds. The highest BCUT2D eigenvalue weighted by Crippen LogP contribution is 2.34. The van der Waals surface area contributed by atoms with Gasteiger partial charge in [-0.25, -0.2) is 5.10 Å². The smallest absolute Gasteiger partial charge is 0.272 e. The van der Waals surface area contributed by atoms with Crippen molar-refractivity contribution in [2.75, 3.05) is 13.1 Å². The van der Waals surface area contributed by atoms with Crippen LogP contribution in [-0.2, 0) is 12.2 Å². The van der Waals surface area contributed by atoms with Gasteiger partial charge in [0.1, 0.15) is 6.61 Å².